The van der Waals surface area contributed by atoms with Gasteiger partial charge in [-0.2, -0.15) is 5.26 Å². The van der Waals surface area contributed by atoms with Gasteiger partial charge in [0.15, 0.2) is 0 Å². The molecule has 1 amide bonds. The molecule has 0 aliphatic heterocycles. The average Bonchev–Trinajstić information content (AvgIpc) is 2.44. The van der Waals surface area contributed by atoms with Crippen LogP contribution in [0.2, 0.25) is 0 Å². The van der Waals surface area contributed by atoms with Crippen molar-refractivity contribution in [1.82, 2.24) is 10.3 Å². The summed E-state index contributed by atoms with van der Waals surface area (Å²) in [4.78, 5) is 15.9. The zero-order valence-corrected chi connectivity index (χ0v) is 11.1. The lowest BCUT2D eigenvalue weighted by atomic mass is 9.95. The number of aryl methyl sites for hydroxylation is 2. The topological polar surface area (TPSA) is 77.8 Å². The number of carbonyl (C=O) groups is 1. The molecule has 100 valence electrons. The van der Waals surface area contributed by atoms with E-state index in [-0.39, 0.29) is 12.5 Å². The number of pyridine rings is 1. The number of amides is 1. The van der Waals surface area contributed by atoms with Gasteiger partial charge in [-0.25, -0.2) is 4.98 Å². The van der Waals surface area contributed by atoms with E-state index in [4.69, 9.17) is 5.26 Å². The van der Waals surface area contributed by atoms with Crippen molar-refractivity contribution >= 4 is 11.7 Å². The number of hydrogen-bond acceptors (Lipinski definition) is 4. The third-order valence-corrected chi connectivity index (χ3v) is 3.21. The van der Waals surface area contributed by atoms with E-state index in [9.17, 15) is 4.79 Å². The first-order valence-corrected chi connectivity index (χ1v) is 6.68. The van der Waals surface area contributed by atoms with E-state index in [1.54, 1.807) is 0 Å². The Hall–Kier alpha value is -2.09. The number of likely N-dealkylation sites (N-methyl/N-ethyl adjacent to an activating group) is 1. The molecule has 1 aromatic rings. The highest BCUT2D eigenvalue weighted by molar-refractivity contribution is 5.80. The van der Waals surface area contributed by atoms with E-state index in [1.165, 1.54) is 5.56 Å². The summed E-state index contributed by atoms with van der Waals surface area (Å²) < 4.78 is 0. The second-order valence-corrected chi connectivity index (χ2v) is 4.62. The Balaban J connectivity index is 2.15. The Kier molecular flexibility index (Phi) is 4.35. The van der Waals surface area contributed by atoms with Crippen molar-refractivity contribution in [1.29, 1.82) is 5.26 Å². The number of aromatic nitrogens is 1. The summed E-state index contributed by atoms with van der Waals surface area (Å²) >= 11 is 0. The van der Waals surface area contributed by atoms with Gasteiger partial charge in [0, 0.05) is 12.2 Å². The number of fused-ring (bicyclic) bond motifs is 1. The van der Waals surface area contributed by atoms with E-state index < -0.39 is 0 Å². The molecular formula is C14H18N4O. The van der Waals surface area contributed by atoms with Crippen LogP contribution in [0.1, 0.15) is 36.6 Å². The quantitative estimate of drug-likeness (QED) is 0.855. The summed E-state index contributed by atoms with van der Waals surface area (Å²) in [5, 5.41) is 14.8. The molecule has 1 aliphatic rings. The highest BCUT2D eigenvalue weighted by Crippen LogP contribution is 2.24. The summed E-state index contributed by atoms with van der Waals surface area (Å²) in [6.45, 7) is 2.62. The summed E-state index contributed by atoms with van der Waals surface area (Å²) in [6.07, 6.45) is 4.25. The van der Waals surface area contributed by atoms with Crippen LogP contribution in [-0.4, -0.2) is 24.0 Å². The van der Waals surface area contributed by atoms with Crippen LogP contribution >= 0.6 is 0 Å². The second-order valence-electron chi connectivity index (χ2n) is 4.62. The van der Waals surface area contributed by atoms with Gasteiger partial charge in [-0.05, 0) is 44.2 Å². The smallest absolute Gasteiger partial charge is 0.239 e. The molecule has 1 heterocycles. The van der Waals surface area contributed by atoms with Crippen molar-refractivity contribution in [2.45, 2.75) is 32.6 Å². The molecule has 0 unspecified atom stereocenters. The maximum absolute atomic E-state index is 11.4. The van der Waals surface area contributed by atoms with Crippen LogP contribution < -0.4 is 10.6 Å². The Labute approximate surface area is 113 Å². The summed E-state index contributed by atoms with van der Waals surface area (Å²) in [5.41, 5.74) is 2.75. The largest absolute Gasteiger partial charge is 0.360 e. The Morgan fingerprint density at radius 3 is 3.00 bits per heavy atom. The summed E-state index contributed by atoms with van der Waals surface area (Å²) in [6, 6.07) is 4.05. The fraction of sp³-hybridized carbons (Fsp3) is 0.500. The van der Waals surface area contributed by atoms with E-state index >= 15 is 0 Å². The van der Waals surface area contributed by atoms with Crippen molar-refractivity contribution in [3.8, 4) is 6.07 Å². The van der Waals surface area contributed by atoms with Gasteiger partial charge in [-0.1, -0.05) is 0 Å². The predicted octanol–water partition coefficient (Wildman–Crippen LogP) is 1.38. The Morgan fingerprint density at radius 1 is 1.47 bits per heavy atom. The molecule has 19 heavy (non-hydrogen) atoms. The molecule has 1 aromatic heterocycles. The van der Waals surface area contributed by atoms with E-state index in [1.807, 2.05) is 13.0 Å². The molecule has 0 radical (unpaired) electrons. The van der Waals surface area contributed by atoms with Crippen LogP contribution in [0.25, 0.3) is 0 Å². The molecule has 5 nitrogen and oxygen atoms in total. The standard InChI is InChI=1S/C14H18N4O/c1-2-16-13(19)9-17-14-11(8-15)7-10-5-3-4-6-12(10)18-14/h7H,2-6,9H2,1H3,(H,16,19)(H,17,18). The zero-order chi connectivity index (χ0) is 13.7. The minimum atomic E-state index is -0.0917. The first-order valence-electron chi connectivity index (χ1n) is 6.68. The molecule has 0 saturated heterocycles. The highest BCUT2D eigenvalue weighted by atomic mass is 16.1. The lowest BCUT2D eigenvalue weighted by molar-refractivity contribution is -0.119. The average molecular weight is 258 g/mol. The normalized spacial score (nSPS) is 13.3. The third kappa shape index (κ3) is 3.22. The molecular weight excluding hydrogens is 240 g/mol. The Morgan fingerprint density at radius 2 is 2.26 bits per heavy atom. The van der Waals surface area contributed by atoms with Crippen LogP contribution in [-0.2, 0) is 17.6 Å². The van der Waals surface area contributed by atoms with Crippen LogP contribution in [0.15, 0.2) is 6.07 Å². The minimum Gasteiger partial charge on any atom is -0.360 e. The molecule has 1 aliphatic carbocycles. The fourth-order valence-corrected chi connectivity index (χ4v) is 2.28. The van der Waals surface area contributed by atoms with Crippen LogP contribution in [0, 0.1) is 11.3 Å². The minimum absolute atomic E-state index is 0.0917. The van der Waals surface area contributed by atoms with E-state index in [0.717, 1.165) is 31.4 Å². The lowest BCUT2D eigenvalue weighted by Crippen LogP contribution is -2.30. The molecule has 0 spiro atoms. The number of rotatable bonds is 4. The van der Waals surface area contributed by atoms with Gasteiger partial charge in [0.2, 0.25) is 5.91 Å². The number of anilines is 1. The number of carbonyl (C=O) groups excluding carboxylic acids is 1. The van der Waals surface area contributed by atoms with Crippen molar-refractivity contribution in [2.24, 2.45) is 0 Å². The fourth-order valence-electron chi connectivity index (χ4n) is 2.28. The van der Waals surface area contributed by atoms with Crippen LogP contribution in [0.5, 0.6) is 0 Å². The number of nitriles is 1. The monoisotopic (exact) mass is 258 g/mol. The maximum Gasteiger partial charge on any atom is 0.239 e. The van der Waals surface area contributed by atoms with Gasteiger partial charge in [0.25, 0.3) is 0 Å². The lowest BCUT2D eigenvalue weighted by Gasteiger charge is -2.17. The second kappa shape index (κ2) is 6.19. The molecule has 5 heteroatoms. The molecule has 0 atom stereocenters. The SMILES string of the molecule is CCNC(=O)CNc1nc2c(cc1C#N)CCCC2. The maximum atomic E-state index is 11.4. The molecule has 2 N–H and O–H groups in total. The number of hydrogen-bond donors (Lipinski definition) is 2. The van der Waals surface area contributed by atoms with Gasteiger partial charge < -0.3 is 10.6 Å². The molecule has 0 fully saturated rings. The van der Waals surface area contributed by atoms with Gasteiger partial charge in [0.1, 0.15) is 11.9 Å². The van der Waals surface area contributed by atoms with Gasteiger partial charge in [-0.15, -0.1) is 0 Å². The van der Waals surface area contributed by atoms with Gasteiger partial charge >= 0.3 is 0 Å². The van der Waals surface area contributed by atoms with Crippen molar-refractivity contribution in [3.05, 3.63) is 22.9 Å². The zero-order valence-electron chi connectivity index (χ0n) is 11.1. The van der Waals surface area contributed by atoms with Crippen LogP contribution in [0.4, 0.5) is 5.82 Å². The summed E-state index contributed by atoms with van der Waals surface area (Å²) in [7, 11) is 0. The van der Waals surface area contributed by atoms with Crippen molar-refractivity contribution < 1.29 is 4.79 Å². The van der Waals surface area contributed by atoms with Gasteiger partial charge in [0.05, 0.1) is 12.1 Å². The predicted molar refractivity (Wildman–Crippen MR) is 72.8 cm³/mol. The third-order valence-electron chi connectivity index (χ3n) is 3.21. The van der Waals surface area contributed by atoms with Crippen LogP contribution in [0.3, 0.4) is 0 Å². The van der Waals surface area contributed by atoms with Crippen molar-refractivity contribution in [2.75, 3.05) is 18.4 Å². The first kappa shape index (κ1) is 13.3. The molecule has 0 aromatic carbocycles. The van der Waals surface area contributed by atoms with E-state index in [2.05, 4.69) is 21.7 Å². The van der Waals surface area contributed by atoms with Crippen molar-refractivity contribution in [3.63, 3.8) is 0 Å². The molecule has 0 bridgehead atoms. The summed E-state index contributed by atoms with van der Waals surface area (Å²) in [5.74, 6) is 0.431. The highest BCUT2D eigenvalue weighted by Gasteiger charge is 2.15. The number of nitrogens with zero attached hydrogens (tertiary/aromatic N) is 2. The molecule has 2 rings (SSSR count). The Bertz CT molecular complexity index is 519. The van der Waals surface area contributed by atoms with E-state index in [0.29, 0.717) is 17.9 Å². The first-order chi connectivity index (χ1) is 9.24. The number of nitrogens with one attached hydrogen (secondary N) is 2. The van der Waals surface area contributed by atoms with Gasteiger partial charge in [-0.3, -0.25) is 4.79 Å². The molecule has 0 saturated carbocycles.